The fraction of sp³-hybridized carbons (Fsp3) is 0.636. The van der Waals surface area contributed by atoms with Crippen molar-refractivity contribution in [1.29, 1.82) is 0 Å². The maximum atomic E-state index is 4.26. The average Bonchev–Trinajstić information content (AvgIpc) is 2.74. The van der Waals surface area contributed by atoms with Gasteiger partial charge in [0.15, 0.2) is 0 Å². The van der Waals surface area contributed by atoms with Crippen LogP contribution in [0.2, 0.25) is 0 Å². The topological polar surface area (TPSA) is 37.8 Å². The highest BCUT2D eigenvalue weighted by Crippen LogP contribution is 2.28. The van der Waals surface area contributed by atoms with Crippen LogP contribution in [0.5, 0.6) is 0 Å². The van der Waals surface area contributed by atoms with Gasteiger partial charge in [-0.25, -0.2) is 9.97 Å². The summed E-state index contributed by atoms with van der Waals surface area (Å²) in [6.45, 7) is 2.23. The Labute approximate surface area is 104 Å². The molecule has 1 aromatic rings. The number of aromatic nitrogens is 2. The molecule has 0 aromatic carbocycles. The quantitative estimate of drug-likeness (QED) is 0.871. The smallest absolute Gasteiger partial charge is 0.222 e. The Morgan fingerprint density at radius 1 is 1.33 bits per heavy atom. The Kier molecular flexibility index (Phi) is 3.77. The predicted octanol–water partition coefficient (Wildman–Crippen LogP) is 3.07. The minimum absolute atomic E-state index is 0.493. The average molecular weight is 317 g/mol. The van der Waals surface area contributed by atoms with Gasteiger partial charge in [0.1, 0.15) is 0 Å². The van der Waals surface area contributed by atoms with Gasteiger partial charge in [-0.1, -0.05) is 12.8 Å². The van der Waals surface area contributed by atoms with Gasteiger partial charge in [0.25, 0.3) is 0 Å². The first kappa shape index (κ1) is 11.1. The normalized spacial score (nSPS) is 19.1. The summed E-state index contributed by atoms with van der Waals surface area (Å²) in [5.74, 6) is 1.56. The van der Waals surface area contributed by atoms with Gasteiger partial charge in [0.05, 0.1) is 0 Å². The van der Waals surface area contributed by atoms with Crippen LogP contribution in [0, 0.1) is 9.49 Å². The van der Waals surface area contributed by atoms with Crippen LogP contribution in [0.4, 0.5) is 5.95 Å². The SMILES string of the molecule is CC(Nc1ncc(I)cn1)C1CCCC1. The molecule has 15 heavy (non-hydrogen) atoms. The zero-order valence-electron chi connectivity index (χ0n) is 8.91. The molecule has 0 radical (unpaired) electrons. The zero-order valence-corrected chi connectivity index (χ0v) is 11.1. The molecule has 1 N–H and O–H groups in total. The Hall–Kier alpha value is -0.390. The van der Waals surface area contributed by atoms with Gasteiger partial charge in [0.2, 0.25) is 5.95 Å². The van der Waals surface area contributed by atoms with Crippen molar-refractivity contribution in [3.8, 4) is 0 Å². The number of rotatable bonds is 3. The first-order valence-corrected chi connectivity index (χ1v) is 6.57. The van der Waals surface area contributed by atoms with Gasteiger partial charge < -0.3 is 5.32 Å². The van der Waals surface area contributed by atoms with Gasteiger partial charge in [-0.3, -0.25) is 0 Å². The third-order valence-corrected chi connectivity index (χ3v) is 3.64. The minimum Gasteiger partial charge on any atom is -0.351 e. The van der Waals surface area contributed by atoms with Crippen molar-refractivity contribution in [2.45, 2.75) is 38.6 Å². The lowest BCUT2D eigenvalue weighted by molar-refractivity contribution is 0.480. The van der Waals surface area contributed by atoms with E-state index in [0.29, 0.717) is 6.04 Å². The lowest BCUT2D eigenvalue weighted by Gasteiger charge is -2.19. The van der Waals surface area contributed by atoms with E-state index in [0.717, 1.165) is 15.4 Å². The van der Waals surface area contributed by atoms with Crippen LogP contribution in [0.1, 0.15) is 32.6 Å². The highest BCUT2D eigenvalue weighted by atomic mass is 127. The zero-order chi connectivity index (χ0) is 10.7. The van der Waals surface area contributed by atoms with E-state index in [1.54, 1.807) is 0 Å². The first-order chi connectivity index (χ1) is 7.25. The van der Waals surface area contributed by atoms with E-state index in [1.807, 2.05) is 12.4 Å². The van der Waals surface area contributed by atoms with Crippen molar-refractivity contribution in [2.75, 3.05) is 5.32 Å². The van der Waals surface area contributed by atoms with Crippen molar-refractivity contribution >= 4 is 28.5 Å². The molecule has 0 bridgehead atoms. The molecule has 2 rings (SSSR count). The second kappa shape index (κ2) is 5.09. The molecule has 1 aliphatic rings. The number of hydrogen-bond acceptors (Lipinski definition) is 3. The summed E-state index contributed by atoms with van der Waals surface area (Å²) < 4.78 is 1.08. The summed E-state index contributed by atoms with van der Waals surface area (Å²) in [6.07, 6.45) is 9.14. The van der Waals surface area contributed by atoms with Crippen LogP contribution in [-0.2, 0) is 0 Å². The molecule has 0 saturated heterocycles. The molecule has 1 saturated carbocycles. The maximum Gasteiger partial charge on any atom is 0.222 e. The van der Waals surface area contributed by atoms with Crippen LogP contribution in [0.15, 0.2) is 12.4 Å². The van der Waals surface area contributed by atoms with E-state index >= 15 is 0 Å². The molecule has 1 aliphatic carbocycles. The lowest BCUT2D eigenvalue weighted by atomic mass is 10.0. The molecular formula is C11H16IN3. The molecule has 1 heterocycles. The Morgan fingerprint density at radius 2 is 1.93 bits per heavy atom. The van der Waals surface area contributed by atoms with Crippen LogP contribution in [0.3, 0.4) is 0 Å². The van der Waals surface area contributed by atoms with Crippen molar-refractivity contribution in [3.63, 3.8) is 0 Å². The minimum atomic E-state index is 0.493. The van der Waals surface area contributed by atoms with Crippen molar-refractivity contribution in [2.24, 2.45) is 5.92 Å². The van der Waals surface area contributed by atoms with Crippen LogP contribution in [-0.4, -0.2) is 16.0 Å². The molecule has 3 nitrogen and oxygen atoms in total. The second-order valence-electron chi connectivity index (χ2n) is 4.20. The van der Waals surface area contributed by atoms with Crippen LogP contribution < -0.4 is 5.32 Å². The van der Waals surface area contributed by atoms with Crippen LogP contribution in [0.25, 0.3) is 0 Å². The van der Waals surface area contributed by atoms with E-state index in [1.165, 1.54) is 25.7 Å². The van der Waals surface area contributed by atoms with Crippen LogP contribution >= 0.6 is 22.6 Å². The maximum absolute atomic E-state index is 4.26. The molecule has 0 aliphatic heterocycles. The Bertz CT molecular complexity index is 306. The molecule has 4 heteroatoms. The highest BCUT2D eigenvalue weighted by molar-refractivity contribution is 14.1. The Morgan fingerprint density at radius 3 is 2.53 bits per heavy atom. The van der Waals surface area contributed by atoms with Gasteiger partial charge in [-0.05, 0) is 48.3 Å². The number of nitrogens with zero attached hydrogens (tertiary/aromatic N) is 2. The number of halogens is 1. The summed E-state index contributed by atoms with van der Waals surface area (Å²) in [4.78, 5) is 8.52. The first-order valence-electron chi connectivity index (χ1n) is 5.50. The molecule has 1 aromatic heterocycles. The van der Waals surface area contributed by atoms with Crippen molar-refractivity contribution in [3.05, 3.63) is 16.0 Å². The molecule has 1 atom stereocenters. The van der Waals surface area contributed by atoms with Gasteiger partial charge in [-0.2, -0.15) is 0 Å². The van der Waals surface area contributed by atoms with E-state index in [-0.39, 0.29) is 0 Å². The molecule has 1 fully saturated rings. The fourth-order valence-corrected chi connectivity index (χ4v) is 2.44. The largest absolute Gasteiger partial charge is 0.351 e. The third-order valence-electron chi connectivity index (χ3n) is 3.08. The highest BCUT2D eigenvalue weighted by Gasteiger charge is 2.21. The summed E-state index contributed by atoms with van der Waals surface area (Å²) in [5.41, 5.74) is 0. The third kappa shape index (κ3) is 3.03. The number of anilines is 1. The summed E-state index contributed by atoms with van der Waals surface area (Å²) in [5, 5.41) is 3.39. The van der Waals surface area contributed by atoms with E-state index in [9.17, 15) is 0 Å². The van der Waals surface area contributed by atoms with Gasteiger partial charge in [0, 0.05) is 22.0 Å². The summed E-state index contributed by atoms with van der Waals surface area (Å²) in [7, 11) is 0. The van der Waals surface area contributed by atoms with E-state index in [4.69, 9.17) is 0 Å². The standard InChI is InChI=1S/C11H16IN3/c1-8(9-4-2-3-5-9)15-11-13-6-10(12)7-14-11/h6-9H,2-5H2,1H3,(H,13,14,15). The van der Waals surface area contributed by atoms with Crippen molar-refractivity contribution in [1.82, 2.24) is 9.97 Å². The second-order valence-corrected chi connectivity index (χ2v) is 5.45. The van der Waals surface area contributed by atoms with E-state index < -0.39 is 0 Å². The monoisotopic (exact) mass is 317 g/mol. The molecular weight excluding hydrogens is 301 g/mol. The van der Waals surface area contributed by atoms with Gasteiger partial charge >= 0.3 is 0 Å². The summed E-state index contributed by atoms with van der Waals surface area (Å²) in [6, 6.07) is 0.493. The van der Waals surface area contributed by atoms with E-state index in [2.05, 4.69) is 44.8 Å². The Balaban J connectivity index is 1.92. The molecule has 0 spiro atoms. The fourth-order valence-electron chi connectivity index (χ4n) is 2.17. The van der Waals surface area contributed by atoms with Crippen molar-refractivity contribution < 1.29 is 0 Å². The molecule has 82 valence electrons. The van der Waals surface area contributed by atoms with Gasteiger partial charge in [-0.15, -0.1) is 0 Å². The number of nitrogens with one attached hydrogen (secondary N) is 1. The summed E-state index contributed by atoms with van der Waals surface area (Å²) >= 11 is 2.22. The number of hydrogen-bond donors (Lipinski definition) is 1. The molecule has 0 amide bonds. The lowest BCUT2D eigenvalue weighted by Crippen LogP contribution is -2.24. The predicted molar refractivity (Wildman–Crippen MR) is 69.8 cm³/mol. The molecule has 1 unspecified atom stereocenters.